The van der Waals surface area contributed by atoms with Crippen molar-refractivity contribution in [3.63, 3.8) is 0 Å². The molecule has 3 nitrogen and oxygen atoms in total. The molecular formula is C17H18Cl3NO2. The van der Waals surface area contributed by atoms with Crippen LogP contribution in [0.25, 0.3) is 0 Å². The lowest BCUT2D eigenvalue weighted by Gasteiger charge is -2.15. The third-order valence-electron chi connectivity index (χ3n) is 3.07. The van der Waals surface area contributed by atoms with E-state index < -0.39 is 0 Å². The fraction of sp³-hybridized carbons (Fsp3) is 0.294. The summed E-state index contributed by atoms with van der Waals surface area (Å²) >= 11 is 18.4. The lowest BCUT2D eigenvalue weighted by atomic mass is 10.2. The number of rotatable bonds is 7. The summed E-state index contributed by atoms with van der Waals surface area (Å²) in [6.45, 7) is 5.41. The highest BCUT2D eigenvalue weighted by Gasteiger charge is 2.12. The first kappa shape index (κ1) is 18.1. The van der Waals surface area contributed by atoms with Crippen molar-refractivity contribution >= 4 is 40.5 Å². The van der Waals surface area contributed by atoms with E-state index in [2.05, 4.69) is 5.32 Å². The molecule has 2 aromatic carbocycles. The van der Waals surface area contributed by atoms with Crippen molar-refractivity contribution in [2.45, 2.75) is 20.4 Å². The molecule has 0 heterocycles. The summed E-state index contributed by atoms with van der Waals surface area (Å²) < 4.78 is 11.2. The fourth-order valence-corrected chi connectivity index (χ4v) is 2.75. The summed E-state index contributed by atoms with van der Waals surface area (Å²) in [5.41, 5.74) is 1.72. The Morgan fingerprint density at radius 3 is 2.35 bits per heavy atom. The molecule has 0 fully saturated rings. The first-order valence-corrected chi connectivity index (χ1v) is 8.45. The maximum absolute atomic E-state index is 6.31. The smallest absolute Gasteiger partial charge is 0.179 e. The minimum atomic E-state index is 0.520. The normalized spacial score (nSPS) is 10.5. The highest BCUT2D eigenvalue weighted by atomic mass is 35.5. The second kappa shape index (κ2) is 8.53. The molecule has 2 aromatic rings. The van der Waals surface area contributed by atoms with Gasteiger partial charge in [0.2, 0.25) is 0 Å². The third kappa shape index (κ3) is 4.84. The zero-order valence-electron chi connectivity index (χ0n) is 13.0. The lowest BCUT2D eigenvalue weighted by molar-refractivity contribution is 0.287. The van der Waals surface area contributed by atoms with Gasteiger partial charge in [-0.25, -0.2) is 0 Å². The molecular weight excluding hydrogens is 357 g/mol. The van der Waals surface area contributed by atoms with E-state index >= 15 is 0 Å². The number of ether oxygens (including phenoxy) is 2. The largest absolute Gasteiger partial charge is 0.490 e. The van der Waals surface area contributed by atoms with Crippen LogP contribution in [0.15, 0.2) is 30.3 Å². The van der Waals surface area contributed by atoms with Crippen LogP contribution in [0.3, 0.4) is 0 Å². The Kier molecular flexibility index (Phi) is 6.70. The number of halogens is 3. The molecule has 0 unspecified atom stereocenters. The van der Waals surface area contributed by atoms with Gasteiger partial charge >= 0.3 is 0 Å². The number of anilines is 1. The molecule has 23 heavy (non-hydrogen) atoms. The molecule has 0 aliphatic rings. The molecule has 6 heteroatoms. The van der Waals surface area contributed by atoms with Crippen LogP contribution in [0.5, 0.6) is 11.5 Å². The van der Waals surface area contributed by atoms with Crippen molar-refractivity contribution in [3.8, 4) is 11.5 Å². The zero-order valence-corrected chi connectivity index (χ0v) is 15.2. The van der Waals surface area contributed by atoms with Crippen LogP contribution in [0.1, 0.15) is 19.4 Å². The minimum absolute atomic E-state index is 0.520. The van der Waals surface area contributed by atoms with Crippen molar-refractivity contribution in [2.75, 3.05) is 18.5 Å². The number of hydrogen-bond donors (Lipinski definition) is 1. The summed E-state index contributed by atoms with van der Waals surface area (Å²) in [4.78, 5) is 0. The van der Waals surface area contributed by atoms with Crippen LogP contribution in [-0.2, 0) is 6.54 Å². The van der Waals surface area contributed by atoms with Crippen LogP contribution in [0.2, 0.25) is 15.1 Å². The van der Waals surface area contributed by atoms with Gasteiger partial charge in [-0.3, -0.25) is 0 Å². The zero-order chi connectivity index (χ0) is 16.8. The van der Waals surface area contributed by atoms with Crippen LogP contribution in [0, 0.1) is 0 Å². The van der Waals surface area contributed by atoms with E-state index in [9.17, 15) is 0 Å². The molecule has 0 radical (unpaired) electrons. The van der Waals surface area contributed by atoms with Crippen molar-refractivity contribution in [1.29, 1.82) is 0 Å². The van der Waals surface area contributed by atoms with E-state index in [4.69, 9.17) is 44.3 Å². The first-order chi connectivity index (χ1) is 11.0. The second-order valence-corrected chi connectivity index (χ2v) is 6.00. The summed E-state index contributed by atoms with van der Waals surface area (Å²) in [5, 5.41) is 5.00. The van der Waals surface area contributed by atoms with Gasteiger partial charge in [0.15, 0.2) is 11.5 Å². The Morgan fingerprint density at radius 2 is 1.65 bits per heavy atom. The molecule has 0 amide bonds. The fourth-order valence-electron chi connectivity index (χ4n) is 2.10. The van der Waals surface area contributed by atoms with Gasteiger partial charge in [-0.15, -0.1) is 0 Å². The third-order valence-corrected chi connectivity index (χ3v) is 3.91. The van der Waals surface area contributed by atoms with E-state index in [0.29, 0.717) is 46.3 Å². The Hall–Kier alpha value is -1.29. The van der Waals surface area contributed by atoms with Gasteiger partial charge in [0.25, 0.3) is 0 Å². The molecule has 0 aliphatic heterocycles. The molecule has 0 spiro atoms. The van der Waals surface area contributed by atoms with E-state index in [0.717, 1.165) is 11.3 Å². The molecule has 0 atom stereocenters. The molecule has 124 valence electrons. The molecule has 0 aliphatic carbocycles. The predicted molar refractivity (Wildman–Crippen MR) is 97.6 cm³/mol. The van der Waals surface area contributed by atoms with Gasteiger partial charge in [-0.1, -0.05) is 34.8 Å². The van der Waals surface area contributed by atoms with Crippen molar-refractivity contribution < 1.29 is 9.47 Å². The Bertz CT molecular complexity index is 677. The van der Waals surface area contributed by atoms with E-state index in [-0.39, 0.29) is 0 Å². The molecule has 1 N–H and O–H groups in total. The van der Waals surface area contributed by atoms with Crippen LogP contribution in [0.4, 0.5) is 5.69 Å². The predicted octanol–water partition coefficient (Wildman–Crippen LogP) is 6.06. The molecule has 0 saturated carbocycles. The van der Waals surface area contributed by atoms with Gasteiger partial charge in [0, 0.05) is 11.6 Å². The Labute approximate surface area is 151 Å². The van der Waals surface area contributed by atoms with Crippen molar-refractivity contribution in [2.24, 2.45) is 0 Å². The standard InChI is InChI=1S/C17H18Cl3NO2/c1-3-22-16-8-11(7-14(20)17(16)23-4-2)10-21-15-9-12(18)5-6-13(15)19/h5-9,21H,3-4,10H2,1-2H3. The highest BCUT2D eigenvalue weighted by molar-refractivity contribution is 6.35. The number of hydrogen-bond acceptors (Lipinski definition) is 3. The molecule has 0 aromatic heterocycles. The van der Waals surface area contributed by atoms with Gasteiger partial charge in [0.1, 0.15) is 0 Å². The van der Waals surface area contributed by atoms with E-state index in [1.807, 2.05) is 26.0 Å². The lowest BCUT2D eigenvalue weighted by Crippen LogP contribution is -2.03. The monoisotopic (exact) mass is 373 g/mol. The summed E-state index contributed by atoms with van der Waals surface area (Å²) in [6.07, 6.45) is 0. The molecule has 0 bridgehead atoms. The quantitative estimate of drug-likeness (QED) is 0.639. The van der Waals surface area contributed by atoms with Crippen LogP contribution < -0.4 is 14.8 Å². The van der Waals surface area contributed by atoms with Gasteiger partial charge in [0.05, 0.1) is 28.9 Å². The van der Waals surface area contributed by atoms with E-state index in [1.54, 1.807) is 18.2 Å². The van der Waals surface area contributed by atoms with Crippen molar-refractivity contribution in [3.05, 3.63) is 51.0 Å². The first-order valence-electron chi connectivity index (χ1n) is 7.32. The molecule has 2 rings (SSSR count). The van der Waals surface area contributed by atoms with Gasteiger partial charge < -0.3 is 14.8 Å². The topological polar surface area (TPSA) is 30.5 Å². The summed E-state index contributed by atoms with van der Waals surface area (Å²) in [5.74, 6) is 1.20. The summed E-state index contributed by atoms with van der Waals surface area (Å²) in [7, 11) is 0. The highest BCUT2D eigenvalue weighted by Crippen LogP contribution is 2.37. The molecule has 0 saturated heterocycles. The Morgan fingerprint density at radius 1 is 0.913 bits per heavy atom. The summed E-state index contributed by atoms with van der Waals surface area (Å²) in [6, 6.07) is 9.04. The number of benzene rings is 2. The average Bonchev–Trinajstić information content (AvgIpc) is 2.52. The maximum atomic E-state index is 6.31. The van der Waals surface area contributed by atoms with Crippen LogP contribution in [-0.4, -0.2) is 13.2 Å². The Balaban J connectivity index is 2.21. The van der Waals surface area contributed by atoms with Crippen molar-refractivity contribution in [1.82, 2.24) is 0 Å². The van der Waals surface area contributed by atoms with E-state index in [1.165, 1.54) is 0 Å². The number of nitrogens with one attached hydrogen (secondary N) is 1. The maximum Gasteiger partial charge on any atom is 0.179 e. The minimum Gasteiger partial charge on any atom is -0.490 e. The van der Waals surface area contributed by atoms with Gasteiger partial charge in [-0.2, -0.15) is 0 Å². The second-order valence-electron chi connectivity index (χ2n) is 4.75. The van der Waals surface area contributed by atoms with Crippen LogP contribution >= 0.6 is 34.8 Å². The average molecular weight is 375 g/mol. The van der Waals surface area contributed by atoms with Gasteiger partial charge in [-0.05, 0) is 49.7 Å². The SMILES string of the molecule is CCOc1cc(CNc2cc(Cl)ccc2Cl)cc(Cl)c1OCC.